The van der Waals surface area contributed by atoms with Crippen molar-refractivity contribution in [3.05, 3.63) is 0 Å². The van der Waals surface area contributed by atoms with E-state index < -0.39 is 42.5 Å². The van der Waals surface area contributed by atoms with E-state index in [1.165, 1.54) is 0 Å². The third kappa shape index (κ3) is 11.4. The van der Waals surface area contributed by atoms with Gasteiger partial charge in [0, 0.05) is 0 Å². The van der Waals surface area contributed by atoms with E-state index in [-0.39, 0.29) is 29.6 Å². The van der Waals surface area contributed by atoms with Crippen molar-refractivity contribution in [2.75, 3.05) is 0 Å². The van der Waals surface area contributed by atoms with Gasteiger partial charge >= 0.3 is 53.6 Å². The second-order valence-electron chi connectivity index (χ2n) is 2.84. The predicted octanol–water partition coefficient (Wildman–Crippen LogP) is -1.78. The first-order chi connectivity index (χ1) is 8.07. The number of hydrogen-bond acceptors (Lipinski definition) is 6. The van der Waals surface area contributed by atoms with Crippen LogP contribution >= 0.6 is 0 Å². The molecule has 0 aliphatic rings. The van der Waals surface area contributed by atoms with E-state index >= 15 is 0 Å². The van der Waals surface area contributed by atoms with E-state index in [0.29, 0.717) is 0 Å². The Balaban J connectivity index is -0.000000448. The maximum absolute atomic E-state index is 10.6. The minimum absolute atomic E-state index is 0. The van der Waals surface area contributed by atoms with Crippen LogP contribution < -0.4 is 5.90 Å². The van der Waals surface area contributed by atoms with Crippen LogP contribution in [0.5, 0.6) is 0 Å². The number of nitrogens with two attached hydrogens (primary N) is 1. The molecule has 0 aromatic heterocycles. The van der Waals surface area contributed by atoms with Gasteiger partial charge in [0.15, 0.2) is 0 Å². The van der Waals surface area contributed by atoms with Crippen LogP contribution in [0.15, 0.2) is 0 Å². The van der Waals surface area contributed by atoms with Crippen LogP contribution in [0.2, 0.25) is 0 Å². The van der Waals surface area contributed by atoms with Gasteiger partial charge in [0.25, 0.3) is 0 Å². The fourth-order valence-corrected chi connectivity index (χ4v) is 0.836. The molecule has 11 nitrogen and oxygen atoms in total. The molecule has 0 spiro atoms. The average Bonchev–Trinajstić information content (AvgIpc) is 2.13. The molecule has 7 N–H and O–H groups in total. The number of carboxylic acid groups (broad SMARTS) is 5. The predicted molar refractivity (Wildman–Crippen MR) is 57.9 cm³/mol. The van der Waals surface area contributed by atoms with E-state index in [1.54, 1.807) is 0 Å². The molecule has 0 aliphatic heterocycles. The van der Waals surface area contributed by atoms with Crippen LogP contribution in [0.25, 0.3) is 0 Å². The first-order valence-corrected chi connectivity index (χ1v) is 4.04. The Bertz CT molecular complexity index is 323. The van der Waals surface area contributed by atoms with Crippen LogP contribution in [0.4, 0.5) is 4.79 Å². The van der Waals surface area contributed by atoms with Crippen molar-refractivity contribution in [2.24, 2.45) is 5.90 Å². The number of aliphatic carboxylic acids is 3. The molecule has 0 amide bonds. The molecule has 106 valence electrons. The molecule has 0 atom stereocenters. The second-order valence-corrected chi connectivity index (χ2v) is 2.84. The maximum atomic E-state index is 10.6. The van der Waals surface area contributed by atoms with Gasteiger partial charge in [-0.25, -0.2) is 15.5 Å². The third-order valence-electron chi connectivity index (χ3n) is 1.49. The number of carboxylic acids is 3. The summed E-state index contributed by atoms with van der Waals surface area (Å²) in [5.41, 5.74) is -2.42. The van der Waals surface area contributed by atoms with Gasteiger partial charge in [-0.05, 0) is 0 Å². The van der Waals surface area contributed by atoms with Crippen LogP contribution in [0.3, 0.4) is 0 Å². The molecule has 0 saturated heterocycles. The molecular formula is C7H12NNaO10. The number of carbonyl (C=O) groups is 4. The molecule has 0 aromatic carbocycles. The second kappa shape index (κ2) is 10.5. The zero-order chi connectivity index (χ0) is 14.9. The van der Waals surface area contributed by atoms with E-state index in [9.17, 15) is 14.4 Å². The molecule has 0 aliphatic carbocycles. The molecule has 0 aromatic rings. The molecule has 0 saturated carbocycles. The third-order valence-corrected chi connectivity index (χ3v) is 1.49. The van der Waals surface area contributed by atoms with Gasteiger partial charge in [-0.3, -0.25) is 14.4 Å². The van der Waals surface area contributed by atoms with Gasteiger partial charge in [0.05, 0.1) is 12.8 Å². The Kier molecular flexibility index (Phi) is 12.6. The summed E-state index contributed by atoms with van der Waals surface area (Å²) < 4.78 is 0. The van der Waals surface area contributed by atoms with Gasteiger partial charge in [0.1, 0.15) is 0 Å². The van der Waals surface area contributed by atoms with E-state index in [2.05, 4.69) is 10.7 Å². The summed E-state index contributed by atoms with van der Waals surface area (Å²) in [6, 6.07) is 0. The Hall–Kier alpha value is -1.40. The topological polar surface area (TPSA) is 205 Å². The van der Waals surface area contributed by atoms with Crippen LogP contribution in [0, 0.1) is 0 Å². The molecule has 0 rings (SSSR count). The average molecular weight is 293 g/mol. The first kappa shape index (κ1) is 22.8. The van der Waals surface area contributed by atoms with Crippen molar-refractivity contribution in [2.45, 2.75) is 18.4 Å². The normalized spacial score (nSPS) is 9.32. The van der Waals surface area contributed by atoms with Gasteiger partial charge in [-0.15, -0.1) is 0 Å². The summed E-state index contributed by atoms with van der Waals surface area (Å²) in [5.74, 6) is -0.163. The zero-order valence-corrected chi connectivity index (χ0v) is 8.77. The molecule has 19 heavy (non-hydrogen) atoms. The summed E-state index contributed by atoms with van der Waals surface area (Å²) in [6.07, 6.45) is -3.88. The van der Waals surface area contributed by atoms with Crippen molar-refractivity contribution < 1.29 is 49.5 Å². The van der Waals surface area contributed by atoms with E-state index in [1.807, 2.05) is 0 Å². The van der Waals surface area contributed by atoms with E-state index in [4.69, 9.17) is 30.3 Å². The SMILES string of the molecule is NOC(CC(=O)O)(CC(=O)O)C(=O)O.O=C(O)O.[NaH]. The van der Waals surface area contributed by atoms with Gasteiger partial charge in [-0.2, -0.15) is 0 Å². The quantitative estimate of drug-likeness (QED) is 0.238. The van der Waals surface area contributed by atoms with Crippen LogP contribution in [-0.4, -0.2) is 84.8 Å². The molecule has 0 bridgehead atoms. The Morgan fingerprint density at radius 2 is 1.16 bits per heavy atom. The van der Waals surface area contributed by atoms with Crippen molar-refractivity contribution in [3.8, 4) is 0 Å². The van der Waals surface area contributed by atoms with Crippen molar-refractivity contribution in [1.29, 1.82) is 0 Å². The molecule has 0 fully saturated rings. The van der Waals surface area contributed by atoms with E-state index in [0.717, 1.165) is 0 Å². The molecule has 0 heterocycles. The first-order valence-electron chi connectivity index (χ1n) is 4.04. The van der Waals surface area contributed by atoms with Crippen molar-refractivity contribution >= 4 is 53.6 Å². The number of rotatable bonds is 6. The van der Waals surface area contributed by atoms with Gasteiger partial charge < -0.3 is 25.5 Å². The Morgan fingerprint density at radius 1 is 0.895 bits per heavy atom. The summed E-state index contributed by atoms with van der Waals surface area (Å²) >= 11 is 0. The summed E-state index contributed by atoms with van der Waals surface area (Å²) in [5, 5.41) is 39.2. The minimum atomic E-state index is -2.42. The number of hydrogen-bond donors (Lipinski definition) is 6. The van der Waals surface area contributed by atoms with Crippen LogP contribution in [0.1, 0.15) is 12.8 Å². The fraction of sp³-hybridized carbons (Fsp3) is 0.429. The molecule has 12 heteroatoms. The van der Waals surface area contributed by atoms with Gasteiger partial charge in [-0.1, -0.05) is 0 Å². The zero-order valence-electron chi connectivity index (χ0n) is 8.77. The summed E-state index contributed by atoms with van der Waals surface area (Å²) in [6.45, 7) is 0. The van der Waals surface area contributed by atoms with Crippen molar-refractivity contribution in [1.82, 2.24) is 0 Å². The monoisotopic (exact) mass is 293 g/mol. The Labute approximate surface area is 127 Å². The molecule has 0 unspecified atom stereocenters. The standard InChI is InChI=1S/C6H9NO7.CH2O3.Na.H/c7-14-6(5(12)13,1-3(8)9)2-4(10)11;2-1(3)4;;/h1-2,7H2,(H,8,9)(H,10,11)(H,12,13);(H2,2,3,4);;. The van der Waals surface area contributed by atoms with Crippen molar-refractivity contribution in [3.63, 3.8) is 0 Å². The molecule has 0 radical (unpaired) electrons. The van der Waals surface area contributed by atoms with Crippen LogP contribution in [-0.2, 0) is 19.2 Å². The van der Waals surface area contributed by atoms with Gasteiger partial charge in [0.2, 0.25) is 5.60 Å². The summed E-state index contributed by atoms with van der Waals surface area (Å²) in [4.78, 5) is 43.6. The molecular weight excluding hydrogens is 281 g/mol. The fourth-order valence-electron chi connectivity index (χ4n) is 0.836. The summed E-state index contributed by atoms with van der Waals surface area (Å²) in [7, 11) is 0. The Morgan fingerprint density at radius 3 is 1.26 bits per heavy atom.